The third-order valence-corrected chi connectivity index (χ3v) is 2.37. The molecule has 0 aliphatic heterocycles. The molecule has 0 aliphatic carbocycles. The average Bonchev–Trinajstić information content (AvgIpc) is 2.31. The lowest BCUT2D eigenvalue weighted by atomic mass is 10.3. The van der Waals surface area contributed by atoms with Gasteiger partial charge in [-0.25, -0.2) is 9.97 Å². The zero-order valence-electron chi connectivity index (χ0n) is 9.61. The summed E-state index contributed by atoms with van der Waals surface area (Å²) >= 11 is 0. The van der Waals surface area contributed by atoms with Crippen LogP contribution in [0.15, 0.2) is 12.4 Å². The number of aromatic nitrogens is 2. The second kappa shape index (κ2) is 6.35. The van der Waals surface area contributed by atoms with Gasteiger partial charge in [0.2, 0.25) is 5.95 Å². The van der Waals surface area contributed by atoms with Gasteiger partial charge >= 0.3 is 0 Å². The van der Waals surface area contributed by atoms with Crippen molar-refractivity contribution in [2.75, 3.05) is 18.0 Å². The second-order valence-corrected chi connectivity index (χ2v) is 3.53. The lowest BCUT2D eigenvalue weighted by Gasteiger charge is -2.20. The summed E-state index contributed by atoms with van der Waals surface area (Å²) < 4.78 is 0. The van der Waals surface area contributed by atoms with E-state index in [0.29, 0.717) is 6.54 Å². The van der Waals surface area contributed by atoms with Crippen LogP contribution in [-0.2, 0) is 6.54 Å². The zero-order chi connectivity index (χ0) is 11.1. The standard InChI is InChI=1S/C11H20N4/c1-3-5-6-15(4-2)11-13-8-10(7-12)9-14-11/h8-9H,3-7,12H2,1-2H3. The van der Waals surface area contributed by atoms with Crippen LogP contribution in [0.4, 0.5) is 5.95 Å². The van der Waals surface area contributed by atoms with Crippen LogP contribution >= 0.6 is 0 Å². The maximum atomic E-state index is 5.50. The minimum atomic E-state index is 0.501. The molecule has 0 atom stereocenters. The summed E-state index contributed by atoms with van der Waals surface area (Å²) in [5.74, 6) is 0.808. The Bertz CT molecular complexity index is 270. The van der Waals surface area contributed by atoms with E-state index in [9.17, 15) is 0 Å². The normalized spacial score (nSPS) is 10.3. The van der Waals surface area contributed by atoms with Gasteiger partial charge in [0.05, 0.1) is 0 Å². The first-order chi connectivity index (χ1) is 7.31. The highest BCUT2D eigenvalue weighted by molar-refractivity contribution is 5.29. The molecular weight excluding hydrogens is 188 g/mol. The Morgan fingerprint density at radius 3 is 2.40 bits per heavy atom. The van der Waals surface area contributed by atoms with E-state index in [0.717, 1.165) is 24.6 Å². The summed E-state index contributed by atoms with van der Waals surface area (Å²) in [6.07, 6.45) is 5.97. The highest BCUT2D eigenvalue weighted by atomic mass is 15.2. The molecule has 0 saturated heterocycles. The third kappa shape index (κ3) is 3.47. The van der Waals surface area contributed by atoms with Crippen molar-refractivity contribution in [3.63, 3.8) is 0 Å². The molecule has 1 aromatic rings. The summed E-state index contributed by atoms with van der Waals surface area (Å²) in [7, 11) is 0. The molecule has 0 unspecified atom stereocenters. The molecule has 0 radical (unpaired) electrons. The first-order valence-corrected chi connectivity index (χ1v) is 5.57. The Balaban J connectivity index is 2.65. The number of rotatable bonds is 6. The quantitative estimate of drug-likeness (QED) is 0.771. The molecule has 0 aromatic carbocycles. The van der Waals surface area contributed by atoms with E-state index in [1.807, 2.05) is 0 Å². The van der Waals surface area contributed by atoms with E-state index in [-0.39, 0.29) is 0 Å². The van der Waals surface area contributed by atoms with Crippen LogP contribution < -0.4 is 10.6 Å². The molecule has 0 fully saturated rings. The summed E-state index contributed by atoms with van der Waals surface area (Å²) in [5.41, 5.74) is 6.47. The van der Waals surface area contributed by atoms with Crippen molar-refractivity contribution in [3.05, 3.63) is 18.0 Å². The van der Waals surface area contributed by atoms with Crippen molar-refractivity contribution in [2.24, 2.45) is 5.73 Å². The molecule has 0 saturated carbocycles. The lowest BCUT2D eigenvalue weighted by Crippen LogP contribution is -2.25. The van der Waals surface area contributed by atoms with E-state index in [4.69, 9.17) is 5.73 Å². The number of hydrogen-bond donors (Lipinski definition) is 1. The second-order valence-electron chi connectivity index (χ2n) is 3.53. The van der Waals surface area contributed by atoms with Crippen LogP contribution in [0.2, 0.25) is 0 Å². The topological polar surface area (TPSA) is 55.0 Å². The van der Waals surface area contributed by atoms with E-state index in [1.54, 1.807) is 12.4 Å². The average molecular weight is 208 g/mol. The van der Waals surface area contributed by atoms with Gasteiger partial charge in [-0.2, -0.15) is 0 Å². The van der Waals surface area contributed by atoms with Gasteiger partial charge in [0.25, 0.3) is 0 Å². The van der Waals surface area contributed by atoms with Crippen LogP contribution in [0.1, 0.15) is 32.3 Å². The smallest absolute Gasteiger partial charge is 0.225 e. The van der Waals surface area contributed by atoms with Crippen LogP contribution in [-0.4, -0.2) is 23.1 Å². The van der Waals surface area contributed by atoms with Gasteiger partial charge in [0, 0.05) is 37.6 Å². The molecule has 0 amide bonds. The number of nitrogens with zero attached hydrogens (tertiary/aromatic N) is 3. The maximum absolute atomic E-state index is 5.50. The monoisotopic (exact) mass is 208 g/mol. The first kappa shape index (κ1) is 11.9. The van der Waals surface area contributed by atoms with E-state index >= 15 is 0 Å². The fourth-order valence-electron chi connectivity index (χ4n) is 1.37. The molecule has 1 aromatic heterocycles. The Morgan fingerprint density at radius 1 is 1.27 bits per heavy atom. The van der Waals surface area contributed by atoms with Crippen molar-refractivity contribution >= 4 is 5.95 Å². The summed E-state index contributed by atoms with van der Waals surface area (Å²) in [5, 5.41) is 0. The molecule has 0 bridgehead atoms. The largest absolute Gasteiger partial charge is 0.341 e. The molecule has 4 nitrogen and oxygen atoms in total. The molecule has 1 heterocycles. The van der Waals surface area contributed by atoms with E-state index < -0.39 is 0 Å². The number of hydrogen-bond acceptors (Lipinski definition) is 4. The molecule has 0 spiro atoms. The van der Waals surface area contributed by atoms with Gasteiger partial charge in [-0.05, 0) is 13.3 Å². The minimum Gasteiger partial charge on any atom is -0.341 e. The molecule has 1 rings (SSSR count). The van der Waals surface area contributed by atoms with Crippen LogP contribution in [0.25, 0.3) is 0 Å². The van der Waals surface area contributed by atoms with Gasteiger partial charge < -0.3 is 10.6 Å². The SMILES string of the molecule is CCCCN(CC)c1ncc(CN)cn1. The Hall–Kier alpha value is -1.16. The highest BCUT2D eigenvalue weighted by Crippen LogP contribution is 2.07. The number of nitrogens with two attached hydrogens (primary N) is 1. The number of unbranched alkanes of at least 4 members (excludes halogenated alkanes) is 1. The third-order valence-electron chi connectivity index (χ3n) is 2.37. The van der Waals surface area contributed by atoms with Crippen molar-refractivity contribution in [3.8, 4) is 0 Å². The predicted octanol–water partition coefficient (Wildman–Crippen LogP) is 1.56. The van der Waals surface area contributed by atoms with Crippen molar-refractivity contribution in [1.82, 2.24) is 9.97 Å². The highest BCUT2D eigenvalue weighted by Gasteiger charge is 2.05. The number of anilines is 1. The zero-order valence-corrected chi connectivity index (χ0v) is 9.61. The Morgan fingerprint density at radius 2 is 1.93 bits per heavy atom. The molecule has 4 heteroatoms. The predicted molar refractivity (Wildman–Crippen MR) is 62.7 cm³/mol. The Labute approximate surface area is 91.5 Å². The van der Waals surface area contributed by atoms with E-state index in [1.165, 1.54) is 12.8 Å². The first-order valence-electron chi connectivity index (χ1n) is 5.57. The summed E-state index contributed by atoms with van der Waals surface area (Å²) in [6, 6.07) is 0. The lowest BCUT2D eigenvalue weighted by molar-refractivity contribution is 0.712. The van der Waals surface area contributed by atoms with Crippen molar-refractivity contribution in [1.29, 1.82) is 0 Å². The Kier molecular flexibility index (Phi) is 5.04. The fourth-order valence-corrected chi connectivity index (χ4v) is 1.37. The van der Waals surface area contributed by atoms with Crippen molar-refractivity contribution in [2.45, 2.75) is 33.2 Å². The van der Waals surface area contributed by atoms with Gasteiger partial charge in [-0.1, -0.05) is 13.3 Å². The van der Waals surface area contributed by atoms with Gasteiger partial charge in [-0.15, -0.1) is 0 Å². The summed E-state index contributed by atoms with van der Waals surface area (Å²) in [4.78, 5) is 10.8. The van der Waals surface area contributed by atoms with E-state index in [2.05, 4.69) is 28.7 Å². The fraction of sp³-hybridized carbons (Fsp3) is 0.636. The van der Waals surface area contributed by atoms with Gasteiger partial charge in [0.1, 0.15) is 0 Å². The molecule has 0 aliphatic rings. The molecule has 15 heavy (non-hydrogen) atoms. The van der Waals surface area contributed by atoms with Crippen LogP contribution in [0.5, 0.6) is 0 Å². The van der Waals surface area contributed by atoms with Crippen LogP contribution in [0, 0.1) is 0 Å². The van der Waals surface area contributed by atoms with Gasteiger partial charge in [-0.3, -0.25) is 0 Å². The minimum absolute atomic E-state index is 0.501. The summed E-state index contributed by atoms with van der Waals surface area (Å²) in [6.45, 7) is 6.78. The molecule has 2 N–H and O–H groups in total. The molecular formula is C11H20N4. The van der Waals surface area contributed by atoms with Gasteiger partial charge in [0.15, 0.2) is 0 Å². The maximum Gasteiger partial charge on any atom is 0.225 e. The molecule has 84 valence electrons. The van der Waals surface area contributed by atoms with Crippen molar-refractivity contribution < 1.29 is 0 Å². The van der Waals surface area contributed by atoms with Crippen LogP contribution in [0.3, 0.4) is 0 Å².